The minimum atomic E-state index is -0.935. The summed E-state index contributed by atoms with van der Waals surface area (Å²) in [7, 11) is 3.38. The molecule has 1 atom stereocenters. The molecule has 0 amide bonds. The van der Waals surface area contributed by atoms with Crippen LogP contribution >= 0.6 is 0 Å². The third-order valence-electron chi connectivity index (χ3n) is 3.07. The van der Waals surface area contributed by atoms with Gasteiger partial charge in [0.05, 0.1) is 11.0 Å². The molecular weight excluding hydrogens is 237 g/mol. The highest BCUT2D eigenvalue weighted by atomic mass is 19.1. The second-order valence-electron chi connectivity index (χ2n) is 4.23. The number of benzene rings is 1. The number of aliphatic carboxylic acids is 1. The van der Waals surface area contributed by atoms with Crippen LogP contribution in [-0.2, 0) is 11.8 Å². The van der Waals surface area contributed by atoms with Crippen molar-refractivity contribution in [3.63, 3.8) is 0 Å². The molecule has 1 heterocycles. The van der Waals surface area contributed by atoms with Crippen LogP contribution in [0.15, 0.2) is 18.2 Å². The standard InChI is InChI=1S/C12H14FN3O2/c1-7(11(17)18)15(2)12-14-9-5-4-8(13)6-10(9)16(12)3/h4-7H,1-3H3,(H,17,18). The number of hydrogen-bond acceptors (Lipinski definition) is 3. The van der Waals surface area contributed by atoms with Gasteiger partial charge >= 0.3 is 5.97 Å². The summed E-state index contributed by atoms with van der Waals surface area (Å²) in [5, 5.41) is 8.98. The fourth-order valence-corrected chi connectivity index (χ4v) is 1.80. The van der Waals surface area contributed by atoms with Gasteiger partial charge in [-0.3, -0.25) is 0 Å². The largest absolute Gasteiger partial charge is 0.480 e. The first-order valence-electron chi connectivity index (χ1n) is 5.49. The molecule has 0 saturated heterocycles. The molecule has 2 aromatic rings. The van der Waals surface area contributed by atoms with Gasteiger partial charge in [-0.25, -0.2) is 14.2 Å². The normalized spacial score (nSPS) is 12.7. The molecule has 2 rings (SSSR count). The lowest BCUT2D eigenvalue weighted by molar-refractivity contribution is -0.138. The average Bonchev–Trinajstić information content (AvgIpc) is 2.65. The quantitative estimate of drug-likeness (QED) is 0.900. The number of nitrogens with zero attached hydrogens (tertiary/aromatic N) is 3. The Morgan fingerprint density at radius 3 is 2.83 bits per heavy atom. The maximum atomic E-state index is 13.2. The number of rotatable bonds is 3. The number of aryl methyl sites for hydroxylation is 1. The van der Waals surface area contributed by atoms with E-state index in [0.717, 1.165) is 0 Å². The van der Waals surface area contributed by atoms with Crippen LogP contribution in [-0.4, -0.2) is 33.7 Å². The van der Waals surface area contributed by atoms with E-state index in [9.17, 15) is 9.18 Å². The molecule has 6 heteroatoms. The van der Waals surface area contributed by atoms with E-state index in [1.165, 1.54) is 12.1 Å². The van der Waals surface area contributed by atoms with Crippen LogP contribution in [0, 0.1) is 5.82 Å². The summed E-state index contributed by atoms with van der Waals surface area (Å²) < 4.78 is 14.8. The lowest BCUT2D eigenvalue weighted by Crippen LogP contribution is -2.37. The predicted molar refractivity (Wildman–Crippen MR) is 66.2 cm³/mol. The van der Waals surface area contributed by atoms with Crippen LogP contribution in [0.25, 0.3) is 11.0 Å². The molecule has 1 N–H and O–H groups in total. The van der Waals surface area contributed by atoms with E-state index in [4.69, 9.17) is 5.11 Å². The van der Waals surface area contributed by atoms with Gasteiger partial charge in [0.15, 0.2) is 0 Å². The zero-order chi connectivity index (χ0) is 13.4. The number of hydrogen-bond donors (Lipinski definition) is 1. The van der Waals surface area contributed by atoms with E-state index in [-0.39, 0.29) is 5.82 Å². The Labute approximate surface area is 103 Å². The van der Waals surface area contributed by atoms with Crippen molar-refractivity contribution in [3.05, 3.63) is 24.0 Å². The van der Waals surface area contributed by atoms with Crippen molar-refractivity contribution in [1.29, 1.82) is 0 Å². The van der Waals surface area contributed by atoms with Crippen LogP contribution in [0.2, 0.25) is 0 Å². The number of carbonyl (C=O) groups is 1. The zero-order valence-corrected chi connectivity index (χ0v) is 10.4. The van der Waals surface area contributed by atoms with Gasteiger partial charge in [0.1, 0.15) is 11.9 Å². The summed E-state index contributed by atoms with van der Waals surface area (Å²) in [6, 6.07) is 3.59. The fourth-order valence-electron chi connectivity index (χ4n) is 1.80. The molecule has 1 unspecified atom stereocenters. The smallest absolute Gasteiger partial charge is 0.326 e. The number of carboxylic acid groups (broad SMARTS) is 1. The van der Waals surface area contributed by atoms with Gasteiger partial charge in [-0.05, 0) is 25.1 Å². The molecule has 0 aliphatic carbocycles. The zero-order valence-electron chi connectivity index (χ0n) is 10.4. The van der Waals surface area contributed by atoms with Gasteiger partial charge in [0.25, 0.3) is 0 Å². The van der Waals surface area contributed by atoms with Crippen molar-refractivity contribution >= 4 is 23.0 Å². The third-order valence-corrected chi connectivity index (χ3v) is 3.07. The van der Waals surface area contributed by atoms with Crippen LogP contribution in [0.1, 0.15) is 6.92 Å². The van der Waals surface area contributed by atoms with E-state index in [1.807, 2.05) is 0 Å². The topological polar surface area (TPSA) is 58.4 Å². The van der Waals surface area contributed by atoms with Crippen LogP contribution in [0.5, 0.6) is 0 Å². The van der Waals surface area contributed by atoms with Crippen LogP contribution in [0.3, 0.4) is 0 Å². The van der Waals surface area contributed by atoms with Crippen molar-refractivity contribution in [2.24, 2.45) is 7.05 Å². The molecule has 0 radical (unpaired) electrons. The van der Waals surface area contributed by atoms with E-state index in [0.29, 0.717) is 17.0 Å². The Kier molecular flexibility index (Phi) is 2.94. The number of fused-ring (bicyclic) bond motifs is 1. The fraction of sp³-hybridized carbons (Fsp3) is 0.333. The molecule has 0 aliphatic heterocycles. The molecule has 96 valence electrons. The third kappa shape index (κ3) is 1.90. The lowest BCUT2D eigenvalue weighted by atomic mass is 10.3. The number of likely N-dealkylation sites (N-methyl/N-ethyl adjacent to an activating group) is 1. The summed E-state index contributed by atoms with van der Waals surface area (Å²) in [4.78, 5) is 16.8. The number of halogens is 1. The number of carboxylic acids is 1. The summed E-state index contributed by atoms with van der Waals surface area (Å²) in [5.41, 5.74) is 1.27. The first kappa shape index (κ1) is 12.3. The number of aromatic nitrogens is 2. The minimum absolute atomic E-state index is 0.342. The summed E-state index contributed by atoms with van der Waals surface area (Å²) in [6.07, 6.45) is 0. The molecule has 0 aliphatic rings. The Bertz CT molecular complexity index is 609. The van der Waals surface area contributed by atoms with E-state index in [1.54, 1.807) is 36.6 Å². The Hall–Kier alpha value is -2.11. The van der Waals surface area contributed by atoms with Crippen molar-refractivity contribution in [2.45, 2.75) is 13.0 Å². The molecule has 0 spiro atoms. The molecule has 0 bridgehead atoms. The number of imidazole rings is 1. The van der Waals surface area contributed by atoms with Crippen molar-refractivity contribution in [3.8, 4) is 0 Å². The van der Waals surface area contributed by atoms with Gasteiger partial charge in [0, 0.05) is 14.1 Å². The van der Waals surface area contributed by atoms with Gasteiger partial charge in [-0.15, -0.1) is 0 Å². The number of anilines is 1. The SMILES string of the molecule is CC(C(=O)O)N(C)c1nc2ccc(F)cc2n1C. The highest BCUT2D eigenvalue weighted by Crippen LogP contribution is 2.22. The second kappa shape index (κ2) is 4.29. The van der Waals surface area contributed by atoms with Gasteiger partial charge < -0.3 is 14.6 Å². The monoisotopic (exact) mass is 251 g/mol. The highest BCUT2D eigenvalue weighted by Gasteiger charge is 2.21. The van der Waals surface area contributed by atoms with Crippen molar-refractivity contribution in [2.75, 3.05) is 11.9 Å². The second-order valence-corrected chi connectivity index (χ2v) is 4.23. The van der Waals surface area contributed by atoms with E-state index in [2.05, 4.69) is 4.98 Å². The van der Waals surface area contributed by atoms with Crippen LogP contribution in [0.4, 0.5) is 10.3 Å². The molecule has 5 nitrogen and oxygen atoms in total. The molecule has 1 aromatic carbocycles. The maximum Gasteiger partial charge on any atom is 0.326 e. The van der Waals surface area contributed by atoms with Crippen molar-refractivity contribution < 1.29 is 14.3 Å². The minimum Gasteiger partial charge on any atom is -0.480 e. The van der Waals surface area contributed by atoms with Crippen LogP contribution < -0.4 is 4.90 Å². The molecule has 1 aromatic heterocycles. The van der Waals surface area contributed by atoms with Gasteiger partial charge in [-0.2, -0.15) is 0 Å². The van der Waals surface area contributed by atoms with Gasteiger partial charge in [0.2, 0.25) is 5.95 Å². The Morgan fingerprint density at radius 1 is 1.56 bits per heavy atom. The average molecular weight is 251 g/mol. The van der Waals surface area contributed by atoms with E-state index >= 15 is 0 Å². The first-order chi connectivity index (χ1) is 8.41. The lowest BCUT2D eigenvalue weighted by Gasteiger charge is -2.22. The summed E-state index contributed by atoms with van der Waals surface area (Å²) >= 11 is 0. The molecular formula is C12H14FN3O2. The summed E-state index contributed by atoms with van der Waals surface area (Å²) in [6.45, 7) is 1.57. The Balaban J connectivity index is 2.52. The Morgan fingerprint density at radius 2 is 2.22 bits per heavy atom. The molecule has 0 fully saturated rings. The van der Waals surface area contributed by atoms with Crippen molar-refractivity contribution in [1.82, 2.24) is 9.55 Å². The van der Waals surface area contributed by atoms with Gasteiger partial charge in [-0.1, -0.05) is 0 Å². The highest BCUT2D eigenvalue weighted by molar-refractivity contribution is 5.81. The molecule has 0 saturated carbocycles. The summed E-state index contributed by atoms with van der Waals surface area (Å²) in [5.74, 6) is -0.785. The molecule has 18 heavy (non-hydrogen) atoms. The predicted octanol–water partition coefficient (Wildman–Crippen LogP) is 1.62. The first-order valence-corrected chi connectivity index (χ1v) is 5.49. The maximum absolute atomic E-state index is 13.2. The van der Waals surface area contributed by atoms with E-state index < -0.39 is 12.0 Å².